The smallest absolute Gasteiger partial charge is 0.266 e. The maximum absolute atomic E-state index is 12.5. The van der Waals surface area contributed by atoms with Gasteiger partial charge in [0.15, 0.2) is 0 Å². The standard InChI is InChI=1S/C17H17BrN2O3S2/c1-17(9-23-10-17)8-19-14(21)7-20-15(22)13(25-16(20)24)6-11-2-4-12(18)5-3-11/h2-6H,7-10H2,1H3,(H,19,21). The molecule has 132 valence electrons. The first-order valence-electron chi connectivity index (χ1n) is 7.72. The highest BCUT2D eigenvalue weighted by Gasteiger charge is 2.36. The van der Waals surface area contributed by atoms with Gasteiger partial charge in [-0.2, -0.15) is 0 Å². The van der Waals surface area contributed by atoms with Crippen molar-refractivity contribution in [3.05, 3.63) is 39.2 Å². The van der Waals surface area contributed by atoms with Crippen molar-refractivity contribution >= 4 is 62.1 Å². The summed E-state index contributed by atoms with van der Waals surface area (Å²) in [5.41, 5.74) is 0.901. The molecule has 2 fully saturated rings. The first-order chi connectivity index (χ1) is 11.9. The zero-order chi connectivity index (χ0) is 18.0. The molecule has 0 saturated carbocycles. The number of rotatable bonds is 5. The lowest BCUT2D eigenvalue weighted by atomic mass is 9.89. The van der Waals surface area contributed by atoms with Gasteiger partial charge in [0, 0.05) is 16.4 Å². The van der Waals surface area contributed by atoms with E-state index >= 15 is 0 Å². The minimum Gasteiger partial charge on any atom is -0.380 e. The van der Waals surface area contributed by atoms with Gasteiger partial charge in [-0.15, -0.1) is 0 Å². The second kappa shape index (κ2) is 7.57. The van der Waals surface area contributed by atoms with E-state index in [1.54, 1.807) is 6.08 Å². The molecular weight excluding hydrogens is 424 g/mol. The maximum Gasteiger partial charge on any atom is 0.266 e. The van der Waals surface area contributed by atoms with Crippen LogP contribution in [0.5, 0.6) is 0 Å². The number of carbonyl (C=O) groups is 2. The molecule has 8 heteroatoms. The van der Waals surface area contributed by atoms with E-state index in [-0.39, 0.29) is 23.8 Å². The lowest BCUT2D eigenvalue weighted by molar-refractivity contribution is -0.131. The molecule has 2 amide bonds. The molecule has 1 aromatic rings. The van der Waals surface area contributed by atoms with Gasteiger partial charge in [0.25, 0.3) is 5.91 Å². The highest BCUT2D eigenvalue weighted by Crippen LogP contribution is 2.32. The average Bonchev–Trinajstić information content (AvgIpc) is 2.81. The summed E-state index contributed by atoms with van der Waals surface area (Å²) >= 11 is 9.86. The van der Waals surface area contributed by atoms with Crippen molar-refractivity contribution in [1.82, 2.24) is 10.2 Å². The summed E-state index contributed by atoms with van der Waals surface area (Å²) in [6.07, 6.45) is 1.79. The second-order valence-corrected chi connectivity index (χ2v) is 8.99. The van der Waals surface area contributed by atoms with E-state index in [1.165, 1.54) is 16.7 Å². The first kappa shape index (κ1) is 18.6. The average molecular weight is 441 g/mol. The van der Waals surface area contributed by atoms with Crippen LogP contribution in [-0.4, -0.2) is 47.3 Å². The molecule has 2 aliphatic rings. The van der Waals surface area contributed by atoms with Crippen molar-refractivity contribution in [2.45, 2.75) is 6.92 Å². The summed E-state index contributed by atoms with van der Waals surface area (Å²) in [7, 11) is 0. The first-order valence-corrected chi connectivity index (χ1v) is 9.73. The Balaban J connectivity index is 1.60. The van der Waals surface area contributed by atoms with Gasteiger partial charge in [-0.1, -0.05) is 59.0 Å². The Labute approximate surface area is 164 Å². The summed E-state index contributed by atoms with van der Waals surface area (Å²) in [6.45, 7) is 3.82. The number of amides is 2. The van der Waals surface area contributed by atoms with Crippen LogP contribution in [0, 0.1) is 5.41 Å². The molecule has 1 aromatic carbocycles. The van der Waals surface area contributed by atoms with Crippen LogP contribution in [0.25, 0.3) is 6.08 Å². The molecule has 1 N–H and O–H groups in total. The number of benzene rings is 1. The van der Waals surface area contributed by atoms with E-state index in [9.17, 15) is 9.59 Å². The Bertz CT molecular complexity index is 745. The van der Waals surface area contributed by atoms with Crippen LogP contribution < -0.4 is 5.32 Å². The molecule has 0 bridgehead atoms. The van der Waals surface area contributed by atoms with Crippen LogP contribution in [0.1, 0.15) is 12.5 Å². The van der Waals surface area contributed by atoms with Gasteiger partial charge in [-0.3, -0.25) is 14.5 Å². The zero-order valence-electron chi connectivity index (χ0n) is 13.6. The molecule has 2 saturated heterocycles. The van der Waals surface area contributed by atoms with Crippen LogP contribution in [0.4, 0.5) is 0 Å². The van der Waals surface area contributed by atoms with E-state index in [0.29, 0.717) is 29.0 Å². The number of thiocarbonyl (C=S) groups is 1. The van der Waals surface area contributed by atoms with Gasteiger partial charge in [0.05, 0.1) is 18.1 Å². The fraction of sp³-hybridized carbons (Fsp3) is 0.353. The molecule has 0 spiro atoms. The molecule has 5 nitrogen and oxygen atoms in total. The Morgan fingerprint density at radius 1 is 1.44 bits per heavy atom. The molecule has 2 heterocycles. The van der Waals surface area contributed by atoms with Crippen LogP contribution in [0.3, 0.4) is 0 Å². The van der Waals surface area contributed by atoms with Crippen molar-refractivity contribution in [2.24, 2.45) is 5.41 Å². The number of halogens is 1. The van der Waals surface area contributed by atoms with Gasteiger partial charge >= 0.3 is 0 Å². The van der Waals surface area contributed by atoms with E-state index in [0.717, 1.165) is 10.0 Å². The summed E-state index contributed by atoms with van der Waals surface area (Å²) < 4.78 is 6.54. The molecule has 25 heavy (non-hydrogen) atoms. The monoisotopic (exact) mass is 440 g/mol. The van der Waals surface area contributed by atoms with Gasteiger partial charge in [-0.05, 0) is 23.8 Å². The predicted molar refractivity (Wildman–Crippen MR) is 106 cm³/mol. The lowest BCUT2D eigenvalue weighted by Crippen LogP contribution is -2.50. The Hall–Kier alpha value is -1.22. The zero-order valence-corrected chi connectivity index (χ0v) is 16.8. The fourth-order valence-corrected chi connectivity index (χ4v) is 3.93. The molecule has 0 unspecified atom stereocenters. The third-order valence-electron chi connectivity index (χ3n) is 3.96. The van der Waals surface area contributed by atoms with E-state index < -0.39 is 0 Å². The summed E-state index contributed by atoms with van der Waals surface area (Å²) in [6, 6.07) is 7.63. The van der Waals surface area contributed by atoms with Crippen molar-refractivity contribution in [2.75, 3.05) is 26.3 Å². The van der Waals surface area contributed by atoms with E-state index in [4.69, 9.17) is 17.0 Å². The Morgan fingerprint density at radius 2 is 2.12 bits per heavy atom. The highest BCUT2D eigenvalue weighted by molar-refractivity contribution is 9.10. The summed E-state index contributed by atoms with van der Waals surface area (Å²) in [5, 5.41) is 2.86. The van der Waals surface area contributed by atoms with Gasteiger partial charge < -0.3 is 10.1 Å². The molecule has 0 atom stereocenters. The van der Waals surface area contributed by atoms with Crippen molar-refractivity contribution in [1.29, 1.82) is 0 Å². The predicted octanol–water partition coefficient (Wildman–Crippen LogP) is 2.80. The molecule has 0 radical (unpaired) electrons. The number of nitrogens with one attached hydrogen (secondary N) is 1. The number of nitrogens with zero attached hydrogens (tertiary/aromatic N) is 1. The van der Waals surface area contributed by atoms with Crippen LogP contribution >= 0.6 is 39.9 Å². The van der Waals surface area contributed by atoms with E-state index in [1.807, 2.05) is 24.3 Å². The third-order valence-corrected chi connectivity index (χ3v) is 5.86. The SMILES string of the molecule is CC1(CNC(=O)CN2C(=O)C(=Cc3ccc(Br)cc3)SC2=S)COC1. The van der Waals surface area contributed by atoms with Crippen molar-refractivity contribution in [3.63, 3.8) is 0 Å². The summed E-state index contributed by atoms with van der Waals surface area (Å²) in [5.74, 6) is -0.444. The van der Waals surface area contributed by atoms with Gasteiger partial charge in [-0.25, -0.2) is 0 Å². The molecule has 0 aromatic heterocycles. The van der Waals surface area contributed by atoms with Crippen LogP contribution in [0.2, 0.25) is 0 Å². The lowest BCUT2D eigenvalue weighted by Gasteiger charge is -2.38. The largest absolute Gasteiger partial charge is 0.380 e. The van der Waals surface area contributed by atoms with Crippen molar-refractivity contribution in [3.8, 4) is 0 Å². The Morgan fingerprint density at radius 3 is 2.72 bits per heavy atom. The minimum absolute atomic E-state index is 0.00736. The number of carbonyl (C=O) groups excluding carboxylic acids is 2. The van der Waals surface area contributed by atoms with Crippen LogP contribution in [-0.2, 0) is 14.3 Å². The Kier molecular flexibility index (Phi) is 5.62. The van der Waals surface area contributed by atoms with Gasteiger partial charge in [0.1, 0.15) is 10.9 Å². The number of ether oxygens (including phenoxy) is 1. The second-order valence-electron chi connectivity index (χ2n) is 6.40. The quantitative estimate of drug-likeness (QED) is 0.563. The van der Waals surface area contributed by atoms with E-state index in [2.05, 4.69) is 28.2 Å². The summed E-state index contributed by atoms with van der Waals surface area (Å²) in [4.78, 5) is 26.5. The minimum atomic E-state index is -0.230. The third kappa shape index (κ3) is 4.49. The fourth-order valence-electron chi connectivity index (χ4n) is 2.41. The number of hydrogen-bond acceptors (Lipinski definition) is 5. The number of hydrogen-bond donors (Lipinski definition) is 1. The molecule has 2 aliphatic heterocycles. The van der Waals surface area contributed by atoms with Crippen molar-refractivity contribution < 1.29 is 14.3 Å². The molecule has 3 rings (SSSR count). The topological polar surface area (TPSA) is 58.6 Å². The number of thioether (sulfide) groups is 1. The molecular formula is C17H17BrN2O3S2. The normalized spacial score (nSPS) is 20.7. The van der Waals surface area contributed by atoms with Gasteiger partial charge in [0.2, 0.25) is 5.91 Å². The highest BCUT2D eigenvalue weighted by atomic mass is 79.9. The molecule has 0 aliphatic carbocycles. The maximum atomic E-state index is 12.5. The van der Waals surface area contributed by atoms with Crippen LogP contribution in [0.15, 0.2) is 33.6 Å².